The lowest BCUT2D eigenvalue weighted by molar-refractivity contribution is 0.674. The van der Waals surface area contributed by atoms with Gasteiger partial charge in [-0.2, -0.15) is 0 Å². The summed E-state index contributed by atoms with van der Waals surface area (Å²) >= 11 is 1.69. The van der Waals surface area contributed by atoms with Gasteiger partial charge >= 0.3 is 0 Å². The second kappa shape index (κ2) is 8.32. The van der Waals surface area contributed by atoms with Crippen LogP contribution in [0.5, 0.6) is 0 Å². The molecule has 0 aliphatic rings. The molecule has 1 aromatic rings. The zero-order valence-corrected chi connectivity index (χ0v) is 10.1. The second-order valence-electron chi connectivity index (χ2n) is 3.50. The highest BCUT2D eigenvalue weighted by Gasteiger charge is 1.84. The molecule has 0 saturated heterocycles. The first-order valence-electron chi connectivity index (χ1n) is 5.63. The van der Waals surface area contributed by atoms with Crippen LogP contribution in [-0.2, 0) is 0 Å². The van der Waals surface area contributed by atoms with E-state index in [-0.39, 0.29) is 0 Å². The molecule has 15 heavy (non-hydrogen) atoms. The third-order valence-corrected chi connectivity index (χ3v) is 2.93. The minimum absolute atomic E-state index is 1.14. The van der Waals surface area contributed by atoms with Gasteiger partial charge in [0.05, 0.1) is 4.88 Å². The largest absolute Gasteiger partial charge is 0.135 e. The molecule has 0 amide bonds. The van der Waals surface area contributed by atoms with Crippen molar-refractivity contribution in [3.8, 4) is 11.8 Å². The van der Waals surface area contributed by atoms with Crippen molar-refractivity contribution in [2.24, 2.45) is 0 Å². The van der Waals surface area contributed by atoms with Gasteiger partial charge in [-0.15, -0.1) is 11.3 Å². The Kier molecular flexibility index (Phi) is 6.70. The number of allylic oxidation sites excluding steroid dienone is 2. The molecule has 0 N–H and O–H groups in total. The van der Waals surface area contributed by atoms with Crippen molar-refractivity contribution in [1.82, 2.24) is 0 Å². The normalized spacial score (nSPS) is 10.2. The van der Waals surface area contributed by atoms with E-state index in [0.717, 1.165) is 4.88 Å². The van der Waals surface area contributed by atoms with Gasteiger partial charge in [0.1, 0.15) is 0 Å². The number of hydrogen-bond acceptors (Lipinski definition) is 1. The molecule has 0 aliphatic carbocycles. The SMILES string of the molecule is CCCCCC/C=C/C#Cc1cccs1. The molecular formula is C14H18S. The topological polar surface area (TPSA) is 0 Å². The Morgan fingerprint density at radius 2 is 2.27 bits per heavy atom. The van der Waals surface area contributed by atoms with Gasteiger partial charge in [0.2, 0.25) is 0 Å². The van der Waals surface area contributed by atoms with Gasteiger partial charge in [-0.05, 0) is 30.4 Å². The van der Waals surface area contributed by atoms with Crippen LogP contribution in [0, 0.1) is 11.8 Å². The van der Waals surface area contributed by atoms with Gasteiger partial charge in [0, 0.05) is 0 Å². The van der Waals surface area contributed by atoms with E-state index < -0.39 is 0 Å². The summed E-state index contributed by atoms with van der Waals surface area (Å²) in [6.07, 6.45) is 10.6. The fourth-order valence-corrected chi connectivity index (χ4v) is 1.87. The maximum atomic E-state index is 3.11. The zero-order chi connectivity index (χ0) is 10.8. The van der Waals surface area contributed by atoms with Crippen molar-refractivity contribution in [3.63, 3.8) is 0 Å². The van der Waals surface area contributed by atoms with Crippen molar-refractivity contribution in [1.29, 1.82) is 0 Å². The molecule has 0 radical (unpaired) electrons. The Hall–Kier alpha value is -1.000. The maximum Gasteiger partial charge on any atom is 0.0771 e. The molecule has 0 bridgehead atoms. The van der Waals surface area contributed by atoms with E-state index in [0.29, 0.717) is 0 Å². The summed E-state index contributed by atoms with van der Waals surface area (Å²) in [5, 5.41) is 2.05. The van der Waals surface area contributed by atoms with Gasteiger partial charge < -0.3 is 0 Å². The van der Waals surface area contributed by atoms with Crippen molar-refractivity contribution >= 4 is 11.3 Å². The van der Waals surface area contributed by atoms with E-state index >= 15 is 0 Å². The second-order valence-corrected chi connectivity index (χ2v) is 4.45. The molecule has 0 nitrogen and oxygen atoms in total. The summed E-state index contributed by atoms with van der Waals surface area (Å²) in [7, 11) is 0. The highest BCUT2D eigenvalue weighted by atomic mass is 32.1. The Balaban J connectivity index is 2.11. The molecule has 1 heteroatoms. The molecule has 0 unspecified atom stereocenters. The van der Waals surface area contributed by atoms with Crippen LogP contribution in [0.25, 0.3) is 0 Å². The van der Waals surface area contributed by atoms with E-state index in [4.69, 9.17) is 0 Å². The summed E-state index contributed by atoms with van der Waals surface area (Å²) in [6, 6.07) is 4.08. The first-order chi connectivity index (χ1) is 7.43. The van der Waals surface area contributed by atoms with Crippen LogP contribution in [0.15, 0.2) is 29.7 Å². The predicted octanol–water partition coefficient (Wildman–Crippen LogP) is 4.63. The minimum atomic E-state index is 1.14. The zero-order valence-electron chi connectivity index (χ0n) is 9.33. The average molecular weight is 218 g/mol. The predicted molar refractivity (Wildman–Crippen MR) is 69.1 cm³/mol. The fourth-order valence-electron chi connectivity index (χ4n) is 1.29. The number of unbranched alkanes of at least 4 members (excludes halogenated alkanes) is 4. The molecule has 0 fully saturated rings. The van der Waals surface area contributed by atoms with Gasteiger partial charge in [-0.1, -0.05) is 50.2 Å². The van der Waals surface area contributed by atoms with Crippen LogP contribution in [-0.4, -0.2) is 0 Å². The van der Waals surface area contributed by atoms with Crippen LogP contribution in [0.1, 0.15) is 43.9 Å². The molecule has 1 heterocycles. The third-order valence-electron chi connectivity index (χ3n) is 2.14. The molecule has 0 spiro atoms. The lowest BCUT2D eigenvalue weighted by Gasteiger charge is -1.92. The Morgan fingerprint density at radius 1 is 1.33 bits per heavy atom. The molecule has 80 valence electrons. The number of rotatable bonds is 5. The minimum Gasteiger partial charge on any atom is -0.135 e. The molecule has 1 aromatic heterocycles. The quantitative estimate of drug-likeness (QED) is 0.499. The van der Waals surface area contributed by atoms with Crippen LogP contribution >= 0.6 is 11.3 Å². The third kappa shape index (κ3) is 6.14. The van der Waals surface area contributed by atoms with Crippen molar-refractivity contribution in [2.75, 3.05) is 0 Å². The summed E-state index contributed by atoms with van der Waals surface area (Å²) < 4.78 is 0. The van der Waals surface area contributed by atoms with Crippen LogP contribution in [0.2, 0.25) is 0 Å². The van der Waals surface area contributed by atoms with Crippen molar-refractivity contribution in [3.05, 3.63) is 34.5 Å². The van der Waals surface area contributed by atoms with E-state index in [1.54, 1.807) is 11.3 Å². The molecular weight excluding hydrogens is 200 g/mol. The van der Waals surface area contributed by atoms with E-state index in [2.05, 4.69) is 30.2 Å². The summed E-state index contributed by atoms with van der Waals surface area (Å²) in [5.74, 6) is 6.17. The van der Waals surface area contributed by atoms with E-state index in [1.165, 1.54) is 32.1 Å². The van der Waals surface area contributed by atoms with Gasteiger partial charge in [0.25, 0.3) is 0 Å². The molecule has 0 aliphatic heterocycles. The average Bonchev–Trinajstić information content (AvgIpc) is 2.75. The first-order valence-corrected chi connectivity index (χ1v) is 6.51. The maximum absolute atomic E-state index is 3.11. The Labute approximate surface area is 97.0 Å². The van der Waals surface area contributed by atoms with E-state index in [1.807, 2.05) is 18.2 Å². The Bertz CT molecular complexity index is 322. The van der Waals surface area contributed by atoms with Gasteiger partial charge in [-0.3, -0.25) is 0 Å². The fraction of sp³-hybridized carbons (Fsp3) is 0.429. The number of hydrogen-bond donors (Lipinski definition) is 0. The molecule has 0 aromatic carbocycles. The highest BCUT2D eigenvalue weighted by molar-refractivity contribution is 7.10. The monoisotopic (exact) mass is 218 g/mol. The molecule has 1 rings (SSSR count). The van der Waals surface area contributed by atoms with Crippen molar-refractivity contribution in [2.45, 2.75) is 39.0 Å². The summed E-state index contributed by atoms with van der Waals surface area (Å²) in [4.78, 5) is 1.14. The van der Waals surface area contributed by atoms with Gasteiger partial charge in [0.15, 0.2) is 0 Å². The summed E-state index contributed by atoms with van der Waals surface area (Å²) in [6.45, 7) is 2.24. The lowest BCUT2D eigenvalue weighted by Crippen LogP contribution is -1.73. The standard InChI is InChI=1S/C14H18S/c1-2-3-4-5-6-7-8-9-11-14-12-10-13-15-14/h7-8,10,12-13H,2-6H2,1H3/b8-7+. The smallest absolute Gasteiger partial charge is 0.0771 e. The Morgan fingerprint density at radius 3 is 3.00 bits per heavy atom. The molecule has 0 saturated carbocycles. The highest BCUT2D eigenvalue weighted by Crippen LogP contribution is 2.05. The van der Waals surface area contributed by atoms with E-state index in [9.17, 15) is 0 Å². The summed E-state index contributed by atoms with van der Waals surface area (Å²) in [5.41, 5.74) is 0. The number of thiophene rings is 1. The molecule has 0 atom stereocenters. The van der Waals surface area contributed by atoms with Crippen LogP contribution < -0.4 is 0 Å². The van der Waals surface area contributed by atoms with Gasteiger partial charge in [-0.25, -0.2) is 0 Å². The van der Waals surface area contributed by atoms with Crippen LogP contribution in [0.4, 0.5) is 0 Å². The van der Waals surface area contributed by atoms with Crippen molar-refractivity contribution < 1.29 is 0 Å². The first kappa shape index (κ1) is 12.1. The lowest BCUT2D eigenvalue weighted by atomic mass is 10.1. The van der Waals surface area contributed by atoms with Crippen LogP contribution in [0.3, 0.4) is 0 Å².